The molecule has 0 spiro atoms. The van der Waals surface area contributed by atoms with Crippen LogP contribution in [0.4, 0.5) is 0 Å². The van der Waals surface area contributed by atoms with Crippen LogP contribution in [0.25, 0.3) is 0 Å². The molecule has 27 heavy (non-hydrogen) atoms. The zero-order chi connectivity index (χ0) is 18.8. The molecule has 0 radical (unpaired) electrons. The number of hydrogen-bond donors (Lipinski definition) is 2. The summed E-state index contributed by atoms with van der Waals surface area (Å²) in [5.74, 6) is 1.56. The molecule has 1 aliphatic rings. The lowest BCUT2D eigenvalue weighted by atomic mass is 9.92. The zero-order valence-corrected chi connectivity index (χ0v) is 19.6. The van der Waals surface area contributed by atoms with Crippen molar-refractivity contribution in [3.8, 4) is 0 Å². The first-order valence-electron chi connectivity index (χ1n) is 9.91. The van der Waals surface area contributed by atoms with Gasteiger partial charge in [-0.2, -0.15) is 5.10 Å². The molecule has 2 heterocycles. The number of morpholine rings is 1. The van der Waals surface area contributed by atoms with Gasteiger partial charge in [0.1, 0.15) is 0 Å². The average molecular weight is 492 g/mol. The van der Waals surface area contributed by atoms with Gasteiger partial charge in [0.05, 0.1) is 19.4 Å². The number of aromatic nitrogens is 2. The van der Waals surface area contributed by atoms with E-state index in [1.54, 1.807) is 0 Å². The molecule has 8 heteroatoms. The fourth-order valence-corrected chi connectivity index (χ4v) is 3.68. The second-order valence-corrected chi connectivity index (χ2v) is 6.94. The summed E-state index contributed by atoms with van der Waals surface area (Å²) >= 11 is 0. The van der Waals surface area contributed by atoms with Crippen LogP contribution in [0.1, 0.15) is 32.3 Å². The maximum atomic E-state index is 5.54. The second-order valence-electron chi connectivity index (χ2n) is 6.94. The van der Waals surface area contributed by atoms with Crippen LogP contribution in [0.5, 0.6) is 0 Å². The van der Waals surface area contributed by atoms with E-state index in [4.69, 9.17) is 4.74 Å². The Morgan fingerprint density at radius 3 is 2.52 bits per heavy atom. The molecular formula is C19H37IN6O. The van der Waals surface area contributed by atoms with Crippen LogP contribution in [-0.4, -0.2) is 73.1 Å². The number of aryl methyl sites for hydroxylation is 1. The van der Waals surface area contributed by atoms with Crippen LogP contribution in [0.3, 0.4) is 0 Å². The quantitative estimate of drug-likeness (QED) is 0.313. The smallest absolute Gasteiger partial charge is 0.191 e. The molecule has 7 nitrogen and oxygen atoms in total. The van der Waals surface area contributed by atoms with E-state index in [9.17, 15) is 0 Å². The van der Waals surface area contributed by atoms with Crippen molar-refractivity contribution in [1.29, 1.82) is 0 Å². The third kappa shape index (κ3) is 7.95. The third-order valence-corrected chi connectivity index (χ3v) is 5.27. The Hall–Kier alpha value is -0.870. The first-order chi connectivity index (χ1) is 12.7. The number of nitrogens with zero attached hydrogens (tertiary/aromatic N) is 4. The summed E-state index contributed by atoms with van der Waals surface area (Å²) in [7, 11) is 3.78. The predicted octanol–water partition coefficient (Wildman–Crippen LogP) is 1.88. The molecular weight excluding hydrogens is 455 g/mol. The summed E-state index contributed by atoms with van der Waals surface area (Å²) in [6, 6.07) is 0.519. The number of guanidine groups is 1. The molecule has 1 saturated heterocycles. The van der Waals surface area contributed by atoms with E-state index in [1.807, 2.05) is 25.0 Å². The van der Waals surface area contributed by atoms with Gasteiger partial charge in [0, 0.05) is 52.5 Å². The van der Waals surface area contributed by atoms with Gasteiger partial charge in [-0.1, -0.05) is 26.7 Å². The minimum absolute atomic E-state index is 0. The molecule has 1 atom stereocenters. The van der Waals surface area contributed by atoms with E-state index >= 15 is 0 Å². The van der Waals surface area contributed by atoms with Gasteiger partial charge in [-0.3, -0.25) is 14.6 Å². The summed E-state index contributed by atoms with van der Waals surface area (Å²) in [6.07, 6.45) is 7.31. The summed E-state index contributed by atoms with van der Waals surface area (Å²) in [5, 5.41) is 11.2. The number of ether oxygens (including phenoxy) is 1. The summed E-state index contributed by atoms with van der Waals surface area (Å²) in [4.78, 5) is 6.96. The number of aliphatic imine (C=N–C) groups is 1. The molecule has 2 N–H and O–H groups in total. The van der Waals surface area contributed by atoms with E-state index in [0.29, 0.717) is 12.0 Å². The van der Waals surface area contributed by atoms with Gasteiger partial charge in [-0.25, -0.2) is 0 Å². The Morgan fingerprint density at radius 2 is 1.96 bits per heavy atom. The maximum Gasteiger partial charge on any atom is 0.191 e. The van der Waals surface area contributed by atoms with Crippen molar-refractivity contribution in [2.75, 3.05) is 46.4 Å². The number of rotatable bonds is 9. The first kappa shape index (κ1) is 24.2. The van der Waals surface area contributed by atoms with Crippen molar-refractivity contribution in [3.63, 3.8) is 0 Å². The van der Waals surface area contributed by atoms with E-state index in [0.717, 1.165) is 51.8 Å². The molecule has 1 unspecified atom stereocenters. The van der Waals surface area contributed by atoms with E-state index in [1.165, 1.54) is 18.4 Å². The molecule has 156 valence electrons. The Labute approximate surface area is 181 Å². The Morgan fingerprint density at radius 1 is 1.26 bits per heavy atom. The van der Waals surface area contributed by atoms with Crippen LogP contribution in [0.2, 0.25) is 0 Å². The molecule has 0 saturated carbocycles. The minimum atomic E-state index is 0. The van der Waals surface area contributed by atoms with Crippen molar-refractivity contribution in [2.45, 2.75) is 39.2 Å². The fourth-order valence-electron chi connectivity index (χ4n) is 3.68. The van der Waals surface area contributed by atoms with E-state index < -0.39 is 0 Å². The summed E-state index contributed by atoms with van der Waals surface area (Å²) in [6.45, 7) is 10.1. The lowest BCUT2D eigenvalue weighted by Crippen LogP contribution is -2.53. The highest BCUT2D eigenvalue weighted by Crippen LogP contribution is 2.19. The fraction of sp³-hybridized carbons (Fsp3) is 0.789. The number of nitrogens with one attached hydrogen (secondary N) is 2. The Bertz CT molecular complexity index is 540. The Kier molecular flexibility index (Phi) is 11.9. The summed E-state index contributed by atoms with van der Waals surface area (Å²) in [5.41, 5.74) is 1.23. The summed E-state index contributed by atoms with van der Waals surface area (Å²) < 4.78 is 7.37. The third-order valence-electron chi connectivity index (χ3n) is 5.27. The molecule has 0 aliphatic carbocycles. The van der Waals surface area contributed by atoms with Crippen molar-refractivity contribution >= 4 is 29.9 Å². The second kappa shape index (κ2) is 13.3. The predicted molar refractivity (Wildman–Crippen MR) is 122 cm³/mol. The number of halogens is 1. The maximum absolute atomic E-state index is 5.54. The lowest BCUT2D eigenvalue weighted by molar-refractivity contribution is 0.00272. The van der Waals surface area contributed by atoms with Crippen molar-refractivity contribution in [2.24, 2.45) is 18.0 Å². The van der Waals surface area contributed by atoms with Gasteiger partial charge in [0.15, 0.2) is 5.96 Å². The molecule has 1 fully saturated rings. The average Bonchev–Trinajstić information content (AvgIpc) is 3.09. The highest BCUT2D eigenvalue weighted by molar-refractivity contribution is 14.0. The zero-order valence-electron chi connectivity index (χ0n) is 17.3. The first-order valence-corrected chi connectivity index (χ1v) is 9.91. The topological polar surface area (TPSA) is 66.7 Å². The van der Waals surface area contributed by atoms with Gasteiger partial charge >= 0.3 is 0 Å². The van der Waals surface area contributed by atoms with Crippen LogP contribution in [-0.2, 0) is 18.2 Å². The standard InChI is InChI=1S/C19H36N6O.HI/c1-5-17(6-2)18(25-9-11-26-12-10-25)14-22-19(20-3)21-8-7-16-13-23-24(4)15-16;/h13,15,17-18H,5-12,14H2,1-4H3,(H2,20,21,22);1H. The van der Waals surface area contributed by atoms with Crippen LogP contribution in [0, 0.1) is 5.92 Å². The molecule has 1 aromatic heterocycles. The van der Waals surface area contributed by atoms with Crippen molar-refractivity contribution < 1.29 is 4.74 Å². The lowest BCUT2D eigenvalue weighted by Gasteiger charge is -2.39. The van der Waals surface area contributed by atoms with Gasteiger partial charge in [0.2, 0.25) is 0 Å². The largest absolute Gasteiger partial charge is 0.379 e. The van der Waals surface area contributed by atoms with Crippen molar-refractivity contribution in [3.05, 3.63) is 18.0 Å². The molecule has 0 bridgehead atoms. The number of hydrogen-bond acceptors (Lipinski definition) is 4. The molecule has 1 aromatic rings. The Balaban J connectivity index is 0.00000364. The van der Waals surface area contributed by atoms with Gasteiger partial charge < -0.3 is 15.4 Å². The van der Waals surface area contributed by atoms with Crippen LogP contribution in [0.15, 0.2) is 17.4 Å². The minimum Gasteiger partial charge on any atom is -0.379 e. The normalized spacial score (nSPS) is 16.9. The van der Waals surface area contributed by atoms with Gasteiger partial charge in [-0.05, 0) is 17.9 Å². The van der Waals surface area contributed by atoms with Gasteiger partial charge in [-0.15, -0.1) is 24.0 Å². The van der Waals surface area contributed by atoms with Gasteiger partial charge in [0.25, 0.3) is 0 Å². The molecule has 0 amide bonds. The highest BCUT2D eigenvalue weighted by Gasteiger charge is 2.26. The molecule has 2 rings (SSSR count). The van der Waals surface area contributed by atoms with E-state index in [2.05, 4.69) is 45.7 Å². The van der Waals surface area contributed by atoms with E-state index in [-0.39, 0.29) is 24.0 Å². The molecule has 0 aromatic carbocycles. The SMILES string of the molecule is CCC(CC)C(CNC(=NC)NCCc1cnn(C)c1)N1CCOCC1.I. The van der Waals surface area contributed by atoms with Crippen molar-refractivity contribution in [1.82, 2.24) is 25.3 Å². The monoisotopic (exact) mass is 492 g/mol. The van der Waals surface area contributed by atoms with Crippen LogP contribution >= 0.6 is 24.0 Å². The highest BCUT2D eigenvalue weighted by atomic mass is 127. The van der Waals surface area contributed by atoms with Crippen LogP contribution < -0.4 is 10.6 Å². The molecule has 1 aliphatic heterocycles.